The Bertz CT molecular complexity index is 1050. The van der Waals surface area contributed by atoms with Gasteiger partial charge in [-0.2, -0.15) is 4.57 Å². The standard InChI is InChI=1S/C25H18N/c1-3-11-19(12-4-1)25-21-15-7-9-17-23(21)26(20-13-5-2-6-14-20)24-18-10-8-16-22(24)25/h1-18H/q+1. The van der Waals surface area contributed by atoms with Crippen LogP contribution in [0.1, 0.15) is 0 Å². The summed E-state index contributed by atoms with van der Waals surface area (Å²) in [6.07, 6.45) is 0. The largest absolute Gasteiger partial charge is 0.219 e. The molecule has 0 bridgehead atoms. The first kappa shape index (κ1) is 14.9. The van der Waals surface area contributed by atoms with Gasteiger partial charge in [-0.05, 0) is 17.7 Å². The minimum atomic E-state index is 1.18. The van der Waals surface area contributed by atoms with Crippen molar-refractivity contribution in [2.75, 3.05) is 0 Å². The van der Waals surface area contributed by atoms with Gasteiger partial charge in [-0.25, -0.2) is 0 Å². The summed E-state index contributed by atoms with van der Waals surface area (Å²) in [6, 6.07) is 38.6. The molecule has 1 heterocycles. The molecule has 1 heteroatoms. The minimum Gasteiger partial charge on any atom is -0.153 e. The second-order valence-electron chi connectivity index (χ2n) is 6.45. The van der Waals surface area contributed by atoms with Crippen LogP contribution in [0.5, 0.6) is 0 Å². The van der Waals surface area contributed by atoms with Crippen LogP contribution in [0.2, 0.25) is 0 Å². The number of benzene rings is 4. The molecule has 26 heavy (non-hydrogen) atoms. The van der Waals surface area contributed by atoms with Gasteiger partial charge in [0.2, 0.25) is 16.7 Å². The lowest BCUT2D eigenvalue weighted by Crippen LogP contribution is -2.32. The molecule has 0 spiro atoms. The molecule has 4 aromatic carbocycles. The van der Waals surface area contributed by atoms with Gasteiger partial charge < -0.3 is 0 Å². The van der Waals surface area contributed by atoms with Crippen molar-refractivity contribution in [1.29, 1.82) is 0 Å². The van der Waals surface area contributed by atoms with Crippen molar-refractivity contribution < 1.29 is 4.57 Å². The van der Waals surface area contributed by atoms with Gasteiger partial charge in [-0.3, -0.25) is 0 Å². The summed E-state index contributed by atoms with van der Waals surface area (Å²) in [5.41, 5.74) is 6.16. The molecule has 0 aliphatic rings. The summed E-state index contributed by atoms with van der Waals surface area (Å²) >= 11 is 0. The average Bonchev–Trinajstić information content (AvgIpc) is 2.73. The van der Waals surface area contributed by atoms with Gasteiger partial charge >= 0.3 is 0 Å². The van der Waals surface area contributed by atoms with E-state index in [1.165, 1.54) is 38.6 Å². The molecule has 0 radical (unpaired) electrons. The maximum atomic E-state index is 2.36. The molecule has 0 saturated heterocycles. The zero-order valence-corrected chi connectivity index (χ0v) is 14.3. The number of fused-ring (bicyclic) bond motifs is 2. The Kier molecular flexibility index (Phi) is 3.50. The van der Waals surface area contributed by atoms with Crippen LogP contribution >= 0.6 is 0 Å². The number of aromatic nitrogens is 1. The lowest BCUT2D eigenvalue weighted by molar-refractivity contribution is -0.537. The summed E-state index contributed by atoms with van der Waals surface area (Å²) in [7, 11) is 0. The van der Waals surface area contributed by atoms with Crippen molar-refractivity contribution in [1.82, 2.24) is 0 Å². The zero-order chi connectivity index (χ0) is 17.3. The van der Waals surface area contributed by atoms with Crippen LogP contribution in [-0.4, -0.2) is 0 Å². The lowest BCUT2D eigenvalue weighted by Gasteiger charge is -2.12. The van der Waals surface area contributed by atoms with E-state index in [2.05, 4.69) is 114 Å². The molecule has 0 N–H and O–H groups in total. The third-order valence-electron chi connectivity index (χ3n) is 4.91. The molecule has 1 nitrogen and oxygen atoms in total. The molecule has 0 saturated carbocycles. The smallest absolute Gasteiger partial charge is 0.153 e. The van der Waals surface area contributed by atoms with Crippen LogP contribution in [0.15, 0.2) is 109 Å². The van der Waals surface area contributed by atoms with Gasteiger partial charge in [0.1, 0.15) is 0 Å². The molecule has 0 amide bonds. The Morgan fingerprint density at radius 2 is 0.885 bits per heavy atom. The maximum absolute atomic E-state index is 2.36. The van der Waals surface area contributed by atoms with Crippen molar-refractivity contribution in [2.24, 2.45) is 0 Å². The SMILES string of the molecule is c1ccc(-c2c3ccccc3[n+](-c3ccccc3)c3ccccc23)cc1. The van der Waals surface area contributed by atoms with Crippen molar-refractivity contribution >= 4 is 21.8 Å². The average molecular weight is 332 g/mol. The highest BCUT2D eigenvalue weighted by molar-refractivity contribution is 6.07. The molecule has 0 aliphatic carbocycles. The third kappa shape index (κ3) is 2.29. The molecule has 0 fully saturated rings. The van der Waals surface area contributed by atoms with Gasteiger partial charge in [0.25, 0.3) is 0 Å². The maximum Gasteiger partial charge on any atom is 0.219 e. The topological polar surface area (TPSA) is 3.88 Å². The predicted molar refractivity (Wildman–Crippen MR) is 108 cm³/mol. The second kappa shape index (κ2) is 6.12. The highest BCUT2D eigenvalue weighted by atomic mass is 15.0. The number of para-hydroxylation sites is 3. The van der Waals surface area contributed by atoms with Crippen molar-refractivity contribution in [3.8, 4) is 16.8 Å². The van der Waals surface area contributed by atoms with Crippen LogP contribution < -0.4 is 4.57 Å². The van der Waals surface area contributed by atoms with Crippen LogP contribution in [0.4, 0.5) is 0 Å². The predicted octanol–water partition coefficient (Wildman–Crippen LogP) is 5.94. The number of rotatable bonds is 2. The number of nitrogens with zero attached hydrogens (tertiary/aromatic N) is 1. The molecule has 5 rings (SSSR count). The summed E-state index contributed by atoms with van der Waals surface area (Å²) in [6.45, 7) is 0. The molecular formula is C25H18N+. The lowest BCUT2D eigenvalue weighted by atomic mass is 9.95. The molecule has 0 atom stereocenters. The monoisotopic (exact) mass is 332 g/mol. The van der Waals surface area contributed by atoms with Crippen molar-refractivity contribution in [2.45, 2.75) is 0 Å². The molecule has 122 valence electrons. The van der Waals surface area contributed by atoms with E-state index in [0.29, 0.717) is 0 Å². The second-order valence-corrected chi connectivity index (χ2v) is 6.45. The van der Waals surface area contributed by atoms with Gasteiger partial charge in [0, 0.05) is 29.8 Å². The van der Waals surface area contributed by atoms with Crippen LogP contribution in [0.25, 0.3) is 38.6 Å². The molecule has 1 aromatic heterocycles. The number of hydrogen-bond donors (Lipinski definition) is 0. The van der Waals surface area contributed by atoms with Crippen LogP contribution in [0.3, 0.4) is 0 Å². The summed E-state index contributed by atoms with van der Waals surface area (Å²) in [5.74, 6) is 0. The fraction of sp³-hybridized carbons (Fsp3) is 0. The normalized spacial score (nSPS) is 11.1. The van der Waals surface area contributed by atoms with Crippen molar-refractivity contribution in [3.05, 3.63) is 109 Å². The number of pyridine rings is 1. The van der Waals surface area contributed by atoms with E-state index in [1.807, 2.05) is 0 Å². The van der Waals surface area contributed by atoms with E-state index < -0.39 is 0 Å². The Morgan fingerprint density at radius 3 is 1.46 bits per heavy atom. The van der Waals surface area contributed by atoms with Crippen LogP contribution in [-0.2, 0) is 0 Å². The fourth-order valence-corrected chi connectivity index (χ4v) is 3.81. The van der Waals surface area contributed by atoms with E-state index in [-0.39, 0.29) is 0 Å². The summed E-state index contributed by atoms with van der Waals surface area (Å²) in [4.78, 5) is 0. The van der Waals surface area contributed by atoms with Gasteiger partial charge in [0.05, 0.1) is 10.8 Å². The van der Waals surface area contributed by atoms with Gasteiger partial charge in [-0.15, -0.1) is 0 Å². The third-order valence-corrected chi connectivity index (χ3v) is 4.91. The van der Waals surface area contributed by atoms with E-state index >= 15 is 0 Å². The first-order chi connectivity index (χ1) is 12.9. The van der Waals surface area contributed by atoms with Crippen LogP contribution in [0, 0.1) is 0 Å². The Balaban J connectivity index is 2.02. The minimum absolute atomic E-state index is 1.18. The van der Waals surface area contributed by atoms with E-state index in [4.69, 9.17) is 0 Å². The Labute approximate surface area is 152 Å². The van der Waals surface area contributed by atoms with E-state index in [0.717, 1.165) is 0 Å². The molecule has 5 aromatic rings. The van der Waals surface area contributed by atoms with Gasteiger partial charge in [0.15, 0.2) is 0 Å². The highest BCUT2D eigenvalue weighted by Crippen LogP contribution is 2.34. The highest BCUT2D eigenvalue weighted by Gasteiger charge is 2.22. The molecule has 0 aliphatic heterocycles. The zero-order valence-electron chi connectivity index (χ0n) is 14.3. The van der Waals surface area contributed by atoms with E-state index in [1.54, 1.807) is 0 Å². The Hall–Kier alpha value is -3.45. The summed E-state index contributed by atoms with van der Waals surface area (Å²) in [5, 5.41) is 2.53. The first-order valence-corrected chi connectivity index (χ1v) is 8.90. The first-order valence-electron chi connectivity index (χ1n) is 8.90. The van der Waals surface area contributed by atoms with Gasteiger partial charge in [-0.1, -0.05) is 72.8 Å². The Morgan fingerprint density at radius 1 is 0.423 bits per heavy atom. The molecular weight excluding hydrogens is 314 g/mol. The number of hydrogen-bond acceptors (Lipinski definition) is 0. The van der Waals surface area contributed by atoms with Crippen molar-refractivity contribution in [3.63, 3.8) is 0 Å². The van der Waals surface area contributed by atoms with E-state index in [9.17, 15) is 0 Å². The quantitative estimate of drug-likeness (QED) is 0.278. The molecule has 0 unspecified atom stereocenters. The summed E-state index contributed by atoms with van der Waals surface area (Å²) < 4.78 is 2.36. The fourth-order valence-electron chi connectivity index (χ4n) is 3.81.